The van der Waals surface area contributed by atoms with E-state index in [9.17, 15) is 9.59 Å². The second kappa shape index (κ2) is 7.81. The van der Waals surface area contributed by atoms with Crippen LogP contribution in [0.3, 0.4) is 0 Å². The van der Waals surface area contributed by atoms with E-state index in [-0.39, 0.29) is 0 Å². The molecule has 0 rings (SSSR count). The number of methoxy groups -OCH3 is 2. The highest BCUT2D eigenvalue weighted by Crippen LogP contribution is 2.10. The molecule has 0 aliphatic heterocycles. The van der Waals surface area contributed by atoms with Crippen molar-refractivity contribution in [3.8, 4) is 0 Å². The van der Waals surface area contributed by atoms with Gasteiger partial charge in [0.25, 0.3) is 6.29 Å². The third-order valence-corrected chi connectivity index (χ3v) is 1.76. The van der Waals surface area contributed by atoms with Crippen molar-refractivity contribution in [3.63, 3.8) is 0 Å². The molecule has 0 saturated carbocycles. The average Bonchev–Trinajstić information content (AvgIpc) is 2.16. The summed E-state index contributed by atoms with van der Waals surface area (Å²) >= 11 is 0. The summed E-state index contributed by atoms with van der Waals surface area (Å²) in [5.41, 5.74) is 0.627. The minimum Gasteiger partial charge on any atom is -0.421 e. The van der Waals surface area contributed by atoms with E-state index in [2.05, 4.69) is 0 Å². The smallest absolute Gasteiger partial charge is 0.305 e. The van der Waals surface area contributed by atoms with Crippen molar-refractivity contribution in [2.24, 2.45) is 0 Å². The summed E-state index contributed by atoms with van der Waals surface area (Å²) < 4.78 is 19.6. The van der Waals surface area contributed by atoms with Crippen molar-refractivity contribution in [1.29, 1.82) is 0 Å². The van der Waals surface area contributed by atoms with Gasteiger partial charge in [-0.15, -0.1) is 0 Å². The molecule has 0 amide bonds. The number of ether oxygens (including phenoxy) is 4. The fraction of sp³-hybridized carbons (Fsp3) is 0.636. The minimum atomic E-state index is -1.07. The molecule has 0 aliphatic carbocycles. The second-order valence-electron chi connectivity index (χ2n) is 3.30. The van der Waals surface area contributed by atoms with Crippen LogP contribution < -0.4 is 0 Å². The lowest BCUT2D eigenvalue weighted by Crippen LogP contribution is -2.23. The topological polar surface area (TPSA) is 71.1 Å². The molecule has 0 unspecified atom stereocenters. The van der Waals surface area contributed by atoms with Crippen LogP contribution in [0.4, 0.5) is 0 Å². The predicted molar refractivity (Wildman–Crippen MR) is 58.9 cm³/mol. The van der Waals surface area contributed by atoms with E-state index in [1.54, 1.807) is 6.92 Å². The number of rotatable bonds is 6. The highest BCUT2D eigenvalue weighted by Gasteiger charge is 2.16. The third-order valence-electron chi connectivity index (χ3n) is 1.76. The Hall–Kier alpha value is -1.40. The molecule has 0 radical (unpaired) electrons. The van der Waals surface area contributed by atoms with Crippen molar-refractivity contribution in [1.82, 2.24) is 0 Å². The zero-order chi connectivity index (χ0) is 13.4. The monoisotopic (exact) mass is 246 g/mol. The summed E-state index contributed by atoms with van der Waals surface area (Å²) in [6, 6.07) is 0. The number of esters is 2. The van der Waals surface area contributed by atoms with Crippen LogP contribution in [0.25, 0.3) is 0 Å². The van der Waals surface area contributed by atoms with Gasteiger partial charge in [-0.25, -0.2) is 0 Å². The van der Waals surface area contributed by atoms with Gasteiger partial charge < -0.3 is 18.9 Å². The molecule has 98 valence electrons. The lowest BCUT2D eigenvalue weighted by atomic mass is 10.2. The van der Waals surface area contributed by atoms with Crippen molar-refractivity contribution >= 4 is 11.9 Å². The highest BCUT2D eigenvalue weighted by molar-refractivity contribution is 5.68. The first-order valence-electron chi connectivity index (χ1n) is 4.99. The largest absolute Gasteiger partial charge is 0.421 e. The minimum absolute atomic E-state index is 0.549. The first-order valence-corrected chi connectivity index (χ1v) is 4.99. The molecule has 0 aromatic rings. The summed E-state index contributed by atoms with van der Waals surface area (Å²) in [6.07, 6.45) is -0.207. The van der Waals surface area contributed by atoms with Gasteiger partial charge in [-0.2, -0.15) is 0 Å². The second-order valence-corrected chi connectivity index (χ2v) is 3.30. The standard InChI is InChI=1S/C11H18O6/c1-7(11(14-4)15-5)6-10(16-8(2)12)17-9(3)13/h6,10-11H,1-5H3/b7-6-. The molecule has 0 fully saturated rings. The Bertz CT molecular complexity index is 276. The summed E-state index contributed by atoms with van der Waals surface area (Å²) in [4.78, 5) is 21.6. The fourth-order valence-corrected chi connectivity index (χ4v) is 1.18. The third kappa shape index (κ3) is 6.70. The molecule has 0 bridgehead atoms. The molecule has 6 heteroatoms. The van der Waals surface area contributed by atoms with Crippen LogP contribution in [-0.2, 0) is 28.5 Å². The van der Waals surface area contributed by atoms with Gasteiger partial charge in [0.1, 0.15) is 0 Å². The maximum absolute atomic E-state index is 10.8. The molecule has 0 aromatic carbocycles. The van der Waals surface area contributed by atoms with E-state index in [0.717, 1.165) is 0 Å². The number of hydrogen-bond acceptors (Lipinski definition) is 6. The average molecular weight is 246 g/mol. The van der Waals surface area contributed by atoms with Gasteiger partial charge in [0.05, 0.1) is 0 Å². The molecule has 0 saturated heterocycles. The molecule has 0 N–H and O–H groups in total. The van der Waals surface area contributed by atoms with E-state index < -0.39 is 24.5 Å². The van der Waals surface area contributed by atoms with Crippen LogP contribution in [-0.4, -0.2) is 38.7 Å². The summed E-state index contributed by atoms with van der Waals surface area (Å²) in [6.45, 7) is 4.16. The Balaban J connectivity index is 4.73. The quantitative estimate of drug-likeness (QED) is 0.395. The van der Waals surface area contributed by atoms with Gasteiger partial charge >= 0.3 is 11.9 Å². The molecule has 0 aromatic heterocycles. The molecular weight excluding hydrogens is 228 g/mol. The van der Waals surface area contributed by atoms with Crippen LogP contribution in [0.1, 0.15) is 20.8 Å². The molecule has 6 nitrogen and oxygen atoms in total. The normalized spacial score (nSPS) is 11.8. The van der Waals surface area contributed by atoms with Crippen LogP contribution in [0, 0.1) is 0 Å². The van der Waals surface area contributed by atoms with E-state index in [1.165, 1.54) is 34.1 Å². The number of hydrogen-bond donors (Lipinski definition) is 0. The van der Waals surface area contributed by atoms with E-state index >= 15 is 0 Å². The first kappa shape index (κ1) is 15.6. The van der Waals surface area contributed by atoms with E-state index in [1.807, 2.05) is 0 Å². The Morgan fingerprint density at radius 3 is 1.65 bits per heavy atom. The van der Waals surface area contributed by atoms with Gasteiger partial charge in [0.2, 0.25) is 0 Å². The van der Waals surface area contributed by atoms with Gasteiger partial charge in [-0.1, -0.05) is 0 Å². The summed E-state index contributed by atoms with van der Waals surface area (Å²) in [5.74, 6) is -1.10. The van der Waals surface area contributed by atoms with Gasteiger partial charge in [0.15, 0.2) is 6.29 Å². The maximum Gasteiger partial charge on any atom is 0.305 e. The van der Waals surface area contributed by atoms with Crippen molar-refractivity contribution in [2.45, 2.75) is 33.4 Å². The van der Waals surface area contributed by atoms with Crippen molar-refractivity contribution in [3.05, 3.63) is 11.6 Å². The molecule has 0 heterocycles. The van der Waals surface area contributed by atoms with Crippen LogP contribution in [0.15, 0.2) is 11.6 Å². The van der Waals surface area contributed by atoms with Gasteiger partial charge in [-0.3, -0.25) is 9.59 Å². The maximum atomic E-state index is 10.8. The Morgan fingerprint density at radius 2 is 1.35 bits per heavy atom. The molecular formula is C11H18O6. The van der Waals surface area contributed by atoms with Crippen molar-refractivity contribution < 1.29 is 28.5 Å². The van der Waals surface area contributed by atoms with E-state index in [0.29, 0.717) is 5.57 Å². The zero-order valence-corrected chi connectivity index (χ0v) is 10.7. The number of carbonyl (C=O) groups excluding carboxylic acids is 2. The predicted octanol–water partition coefficient (Wildman–Crippen LogP) is 1.00. The SMILES string of the molecule is COC(OC)/C(C)=C\C(OC(C)=O)OC(C)=O. The summed E-state index contributed by atoms with van der Waals surface area (Å²) in [7, 11) is 2.94. The molecule has 0 aliphatic rings. The van der Waals surface area contributed by atoms with E-state index in [4.69, 9.17) is 18.9 Å². The van der Waals surface area contributed by atoms with Crippen LogP contribution in [0.2, 0.25) is 0 Å². The Morgan fingerprint density at radius 1 is 0.941 bits per heavy atom. The van der Waals surface area contributed by atoms with Crippen LogP contribution in [0.5, 0.6) is 0 Å². The van der Waals surface area contributed by atoms with Crippen molar-refractivity contribution in [2.75, 3.05) is 14.2 Å². The highest BCUT2D eigenvalue weighted by atomic mass is 16.7. The fourth-order valence-electron chi connectivity index (χ4n) is 1.18. The Kier molecular flexibility index (Phi) is 7.16. The van der Waals surface area contributed by atoms with Gasteiger partial charge in [-0.05, 0) is 12.5 Å². The molecule has 17 heavy (non-hydrogen) atoms. The molecule has 0 spiro atoms. The first-order chi connectivity index (χ1) is 7.90. The number of carbonyl (C=O) groups is 2. The van der Waals surface area contributed by atoms with Crippen LogP contribution >= 0.6 is 0 Å². The lowest BCUT2D eigenvalue weighted by Gasteiger charge is -2.17. The molecule has 0 atom stereocenters. The summed E-state index contributed by atoms with van der Waals surface area (Å²) in [5, 5.41) is 0. The lowest BCUT2D eigenvalue weighted by molar-refractivity contribution is -0.176. The zero-order valence-electron chi connectivity index (χ0n) is 10.7. The Labute approximate surface area is 100 Å². The van der Waals surface area contributed by atoms with Gasteiger partial charge in [0, 0.05) is 34.1 Å².